The molecular weight excluding hydrogens is 164 g/mol. The normalized spacial score (nSPS) is 12.9. The van der Waals surface area contributed by atoms with Crippen molar-refractivity contribution >= 4 is 22.1 Å². The second-order valence-corrected chi connectivity index (χ2v) is 2.22. The van der Waals surface area contributed by atoms with Crippen molar-refractivity contribution < 1.29 is 14.6 Å². The number of rotatable bonds is 1. The van der Waals surface area contributed by atoms with E-state index in [1.54, 1.807) is 6.92 Å². The Morgan fingerprint density at radius 1 is 2.00 bits per heavy atom. The molecule has 7 heavy (non-hydrogen) atoms. The summed E-state index contributed by atoms with van der Waals surface area (Å²) in [7, 11) is 0. The number of alkyl halides is 1. The smallest absolute Gasteiger partial charge is 0.450 e. The molecule has 4 heteroatoms. The van der Waals surface area contributed by atoms with E-state index in [1.807, 2.05) is 0 Å². The molecule has 0 aromatic rings. The van der Waals surface area contributed by atoms with Gasteiger partial charge in [0.15, 0.2) is 5.01 Å². The van der Waals surface area contributed by atoms with Crippen LogP contribution in [0.3, 0.4) is 0 Å². The second-order valence-electron chi connectivity index (χ2n) is 0.927. The largest absolute Gasteiger partial charge is 0.506 e. The van der Waals surface area contributed by atoms with Gasteiger partial charge in [0.2, 0.25) is 0 Å². The topological polar surface area (TPSA) is 46.5 Å². The third kappa shape index (κ3) is 5.75. The lowest BCUT2D eigenvalue weighted by Crippen LogP contribution is -2.04. The molecule has 0 spiro atoms. The van der Waals surface area contributed by atoms with Crippen molar-refractivity contribution in [2.24, 2.45) is 0 Å². The van der Waals surface area contributed by atoms with Crippen LogP contribution in [0.25, 0.3) is 0 Å². The van der Waals surface area contributed by atoms with Crippen LogP contribution in [0.5, 0.6) is 0 Å². The first-order valence-corrected chi connectivity index (χ1v) is 2.58. The van der Waals surface area contributed by atoms with Gasteiger partial charge < -0.3 is 9.84 Å². The lowest BCUT2D eigenvalue weighted by molar-refractivity contribution is 0.0889. The Labute approximate surface area is 49.4 Å². The van der Waals surface area contributed by atoms with Gasteiger partial charge in [-0.25, -0.2) is 4.79 Å². The van der Waals surface area contributed by atoms with Gasteiger partial charge in [0.25, 0.3) is 0 Å². The van der Waals surface area contributed by atoms with Crippen LogP contribution < -0.4 is 0 Å². The van der Waals surface area contributed by atoms with Crippen molar-refractivity contribution in [2.75, 3.05) is 0 Å². The molecular formula is C3H5BrO3. The molecule has 0 aromatic heterocycles. The summed E-state index contributed by atoms with van der Waals surface area (Å²) in [6, 6.07) is 0. The summed E-state index contributed by atoms with van der Waals surface area (Å²) < 4.78 is 4.08. The highest BCUT2D eigenvalue weighted by atomic mass is 79.9. The van der Waals surface area contributed by atoms with Gasteiger partial charge in [-0.3, -0.25) is 0 Å². The van der Waals surface area contributed by atoms with Crippen molar-refractivity contribution in [3.05, 3.63) is 0 Å². The predicted molar refractivity (Wildman–Crippen MR) is 27.5 cm³/mol. The molecule has 1 unspecified atom stereocenters. The molecule has 0 rings (SSSR count). The maximum Gasteiger partial charge on any atom is 0.506 e. The quantitative estimate of drug-likeness (QED) is 0.476. The van der Waals surface area contributed by atoms with Gasteiger partial charge in [-0.1, -0.05) is 0 Å². The number of halogens is 1. The van der Waals surface area contributed by atoms with E-state index in [0.717, 1.165) is 0 Å². The fraction of sp³-hybridized carbons (Fsp3) is 0.667. The Bertz CT molecular complexity index is 70.6. The standard InChI is InChI=1S/C3H5BrO3/c1-2(4)7-3(5)6/h2H,1H3,(H,5,6). The number of carbonyl (C=O) groups is 1. The summed E-state index contributed by atoms with van der Waals surface area (Å²) >= 11 is 2.87. The molecule has 3 nitrogen and oxygen atoms in total. The first-order valence-electron chi connectivity index (χ1n) is 1.66. The van der Waals surface area contributed by atoms with Crippen molar-refractivity contribution in [1.82, 2.24) is 0 Å². The van der Waals surface area contributed by atoms with E-state index in [1.165, 1.54) is 0 Å². The molecule has 42 valence electrons. The van der Waals surface area contributed by atoms with Gasteiger partial charge in [-0.2, -0.15) is 0 Å². The molecule has 0 fully saturated rings. The maximum atomic E-state index is 9.56. The van der Waals surface area contributed by atoms with Crippen molar-refractivity contribution in [1.29, 1.82) is 0 Å². The van der Waals surface area contributed by atoms with Crippen LogP contribution in [0.4, 0.5) is 4.79 Å². The summed E-state index contributed by atoms with van der Waals surface area (Å²) in [6.45, 7) is 1.58. The van der Waals surface area contributed by atoms with E-state index in [-0.39, 0.29) is 0 Å². The highest BCUT2D eigenvalue weighted by Gasteiger charge is 1.98. The Morgan fingerprint density at radius 2 is 2.43 bits per heavy atom. The van der Waals surface area contributed by atoms with Crippen LogP contribution in [-0.4, -0.2) is 16.3 Å². The second kappa shape index (κ2) is 2.85. The van der Waals surface area contributed by atoms with E-state index in [2.05, 4.69) is 20.7 Å². The summed E-state index contributed by atoms with van der Waals surface area (Å²) in [6.07, 6.45) is -1.26. The number of ether oxygens (including phenoxy) is 1. The Kier molecular flexibility index (Phi) is 2.75. The molecule has 0 aliphatic rings. The van der Waals surface area contributed by atoms with E-state index < -0.39 is 11.2 Å². The molecule has 0 saturated carbocycles. The third-order valence-electron chi connectivity index (χ3n) is 0.263. The minimum absolute atomic E-state index is 0.412. The zero-order chi connectivity index (χ0) is 5.86. The zero-order valence-corrected chi connectivity index (χ0v) is 5.31. The fourth-order valence-electron chi connectivity index (χ4n) is 0.139. The molecule has 0 saturated heterocycles. The molecule has 0 amide bonds. The van der Waals surface area contributed by atoms with E-state index >= 15 is 0 Å². The highest BCUT2D eigenvalue weighted by molar-refractivity contribution is 9.09. The summed E-state index contributed by atoms with van der Waals surface area (Å²) in [4.78, 5) is 9.56. The summed E-state index contributed by atoms with van der Waals surface area (Å²) in [5.74, 6) is 0. The monoisotopic (exact) mass is 168 g/mol. The van der Waals surface area contributed by atoms with E-state index in [9.17, 15) is 4.79 Å². The molecule has 0 bridgehead atoms. The zero-order valence-electron chi connectivity index (χ0n) is 3.72. The fourth-order valence-corrected chi connectivity index (χ4v) is 0.299. The van der Waals surface area contributed by atoms with E-state index in [4.69, 9.17) is 5.11 Å². The van der Waals surface area contributed by atoms with Gasteiger partial charge in [0.05, 0.1) is 0 Å². The minimum Gasteiger partial charge on any atom is -0.450 e. The Balaban J connectivity index is 3.13. The van der Waals surface area contributed by atoms with Crippen LogP contribution in [0.1, 0.15) is 6.92 Å². The number of hydrogen-bond donors (Lipinski definition) is 1. The van der Waals surface area contributed by atoms with E-state index in [0.29, 0.717) is 0 Å². The lowest BCUT2D eigenvalue weighted by atomic mass is 10.9. The molecule has 0 aromatic carbocycles. The summed E-state index contributed by atoms with van der Waals surface area (Å²) in [5.41, 5.74) is 0. The molecule has 1 atom stereocenters. The van der Waals surface area contributed by atoms with Gasteiger partial charge in [-0.15, -0.1) is 0 Å². The van der Waals surface area contributed by atoms with Crippen molar-refractivity contribution in [2.45, 2.75) is 11.9 Å². The van der Waals surface area contributed by atoms with Gasteiger partial charge in [0.1, 0.15) is 0 Å². The number of carboxylic acid groups (broad SMARTS) is 1. The first kappa shape index (κ1) is 6.75. The van der Waals surface area contributed by atoms with Crippen LogP contribution >= 0.6 is 15.9 Å². The summed E-state index contributed by atoms with van der Waals surface area (Å²) in [5, 5.41) is 7.42. The Morgan fingerprint density at radius 3 is 2.43 bits per heavy atom. The SMILES string of the molecule is CC(Br)OC(=O)O. The minimum atomic E-state index is -1.26. The molecule has 0 aliphatic heterocycles. The third-order valence-corrected chi connectivity index (χ3v) is 0.450. The van der Waals surface area contributed by atoms with Gasteiger partial charge in [-0.05, 0) is 22.9 Å². The molecule has 0 radical (unpaired) electrons. The van der Waals surface area contributed by atoms with Crippen molar-refractivity contribution in [3.8, 4) is 0 Å². The van der Waals surface area contributed by atoms with Crippen LogP contribution in [0.15, 0.2) is 0 Å². The lowest BCUT2D eigenvalue weighted by Gasteiger charge is -1.97. The van der Waals surface area contributed by atoms with Crippen LogP contribution in [0.2, 0.25) is 0 Å². The molecule has 0 heterocycles. The number of hydrogen-bond acceptors (Lipinski definition) is 2. The van der Waals surface area contributed by atoms with Crippen LogP contribution in [0, 0.1) is 0 Å². The van der Waals surface area contributed by atoms with Gasteiger partial charge in [0, 0.05) is 0 Å². The average molecular weight is 169 g/mol. The molecule has 1 N–H and O–H groups in total. The predicted octanol–water partition coefficient (Wildman–Crippen LogP) is 1.42. The Hall–Kier alpha value is -0.250. The average Bonchev–Trinajstić information content (AvgIpc) is 1.27. The molecule has 0 aliphatic carbocycles. The van der Waals surface area contributed by atoms with Crippen molar-refractivity contribution in [3.63, 3.8) is 0 Å². The van der Waals surface area contributed by atoms with Gasteiger partial charge >= 0.3 is 6.16 Å². The highest BCUT2D eigenvalue weighted by Crippen LogP contribution is 1.97. The van der Waals surface area contributed by atoms with Crippen LogP contribution in [-0.2, 0) is 4.74 Å². The maximum absolute atomic E-state index is 9.56. The first-order chi connectivity index (χ1) is 3.13.